The first-order valence-electron chi connectivity index (χ1n) is 5.55. The van der Waals surface area contributed by atoms with Crippen LogP contribution in [0.5, 0.6) is 0 Å². The minimum Gasteiger partial charge on any atom is -0.379 e. The van der Waals surface area contributed by atoms with Gasteiger partial charge in [-0.3, -0.25) is 0 Å². The first-order valence-corrected chi connectivity index (χ1v) is 5.55. The summed E-state index contributed by atoms with van der Waals surface area (Å²) in [5.41, 5.74) is 0. The molecule has 0 saturated heterocycles. The van der Waals surface area contributed by atoms with Gasteiger partial charge in [0.1, 0.15) is 0 Å². The third-order valence-electron chi connectivity index (χ3n) is 2.09. The first kappa shape index (κ1) is 12.5. The van der Waals surface area contributed by atoms with Crippen molar-refractivity contribution in [1.29, 1.82) is 0 Å². The van der Waals surface area contributed by atoms with Crippen LogP contribution < -0.4 is 0 Å². The number of nitrogens with zero attached hydrogens (tertiary/aromatic N) is 6. The van der Waals surface area contributed by atoms with Crippen molar-refractivity contribution in [3.63, 3.8) is 0 Å². The predicted molar refractivity (Wildman–Crippen MR) is 57.4 cm³/mol. The minimum absolute atomic E-state index is 0.532. The van der Waals surface area contributed by atoms with Crippen molar-refractivity contribution >= 4 is 0 Å². The van der Waals surface area contributed by atoms with E-state index in [-0.39, 0.29) is 0 Å². The number of nitrogens with one attached hydrogen (secondary N) is 2. The van der Waals surface area contributed by atoms with Gasteiger partial charge in [-0.05, 0) is 0 Å². The summed E-state index contributed by atoms with van der Waals surface area (Å²) in [7, 11) is 0. The molecule has 98 valence electrons. The normalized spacial score (nSPS) is 10.9. The average Bonchev–Trinajstić information content (AvgIpc) is 3.05. The standard InChI is InChI=1S/C8H14N8O2/c1(7-9-13-14-10-7)3-17-5-6-18-4-2-8-11-15-16-12-8/h1-6H2,(H,9,10,13,14)(H,11,12,15,16). The molecular formula is C8H14N8O2. The number of hydrogen-bond acceptors (Lipinski definition) is 8. The van der Waals surface area contributed by atoms with Gasteiger partial charge >= 0.3 is 0 Å². The highest BCUT2D eigenvalue weighted by Crippen LogP contribution is 1.89. The van der Waals surface area contributed by atoms with Gasteiger partial charge in [-0.15, -0.1) is 20.4 Å². The Hall–Kier alpha value is -1.94. The van der Waals surface area contributed by atoms with Crippen molar-refractivity contribution in [2.75, 3.05) is 26.4 Å². The largest absolute Gasteiger partial charge is 0.379 e. The molecule has 0 radical (unpaired) electrons. The first-order chi connectivity index (χ1) is 8.95. The molecular weight excluding hydrogens is 240 g/mol. The number of aromatic amines is 2. The van der Waals surface area contributed by atoms with Crippen LogP contribution in [0.3, 0.4) is 0 Å². The van der Waals surface area contributed by atoms with Crippen molar-refractivity contribution in [1.82, 2.24) is 41.2 Å². The van der Waals surface area contributed by atoms with E-state index in [0.717, 1.165) is 0 Å². The van der Waals surface area contributed by atoms with Gasteiger partial charge in [0, 0.05) is 12.8 Å². The van der Waals surface area contributed by atoms with E-state index >= 15 is 0 Å². The maximum atomic E-state index is 5.35. The lowest BCUT2D eigenvalue weighted by Crippen LogP contribution is -2.09. The molecule has 2 heterocycles. The van der Waals surface area contributed by atoms with E-state index in [1.54, 1.807) is 0 Å². The molecule has 2 N–H and O–H groups in total. The summed E-state index contributed by atoms with van der Waals surface area (Å²) < 4.78 is 10.7. The molecule has 0 unspecified atom stereocenters. The fourth-order valence-electron chi connectivity index (χ4n) is 1.23. The van der Waals surface area contributed by atoms with Gasteiger partial charge in [0.2, 0.25) is 0 Å². The van der Waals surface area contributed by atoms with Crippen molar-refractivity contribution in [2.24, 2.45) is 0 Å². The summed E-state index contributed by atoms with van der Waals surface area (Å²) in [6.07, 6.45) is 1.28. The average molecular weight is 254 g/mol. The van der Waals surface area contributed by atoms with Crippen LogP contribution in [-0.4, -0.2) is 67.7 Å². The van der Waals surface area contributed by atoms with E-state index in [1.807, 2.05) is 0 Å². The van der Waals surface area contributed by atoms with E-state index in [9.17, 15) is 0 Å². The second-order valence-electron chi connectivity index (χ2n) is 3.38. The van der Waals surface area contributed by atoms with E-state index in [0.29, 0.717) is 50.9 Å². The zero-order valence-corrected chi connectivity index (χ0v) is 9.74. The molecule has 0 aliphatic heterocycles. The molecule has 0 aliphatic carbocycles. The molecule has 0 amide bonds. The van der Waals surface area contributed by atoms with Gasteiger partial charge in [0.25, 0.3) is 0 Å². The molecule has 0 atom stereocenters. The number of tetrazole rings is 2. The molecule has 0 saturated carbocycles. The Morgan fingerprint density at radius 2 is 1.22 bits per heavy atom. The summed E-state index contributed by atoms with van der Waals surface area (Å²) in [6.45, 7) is 2.16. The summed E-state index contributed by atoms with van der Waals surface area (Å²) in [5, 5.41) is 26.9. The molecule has 18 heavy (non-hydrogen) atoms. The maximum absolute atomic E-state index is 5.35. The third kappa shape index (κ3) is 4.51. The van der Waals surface area contributed by atoms with Gasteiger partial charge in [-0.25, -0.2) is 0 Å². The molecule has 0 aromatic carbocycles. The second kappa shape index (κ2) is 7.40. The molecule has 10 heteroatoms. The van der Waals surface area contributed by atoms with E-state index in [4.69, 9.17) is 9.47 Å². The van der Waals surface area contributed by atoms with Gasteiger partial charge in [-0.1, -0.05) is 10.4 Å². The van der Waals surface area contributed by atoms with Crippen LogP contribution in [0.2, 0.25) is 0 Å². The number of rotatable bonds is 9. The van der Waals surface area contributed by atoms with Crippen molar-refractivity contribution < 1.29 is 9.47 Å². The molecule has 10 nitrogen and oxygen atoms in total. The summed E-state index contributed by atoms with van der Waals surface area (Å²) >= 11 is 0. The third-order valence-corrected chi connectivity index (χ3v) is 2.09. The molecule has 0 fully saturated rings. The van der Waals surface area contributed by atoms with Crippen molar-refractivity contribution in [3.05, 3.63) is 11.6 Å². The molecule has 0 bridgehead atoms. The van der Waals surface area contributed by atoms with Crippen LogP contribution in [-0.2, 0) is 22.3 Å². The molecule has 2 aromatic rings. The summed E-state index contributed by atoms with van der Waals surface area (Å²) in [6, 6.07) is 0. The van der Waals surface area contributed by atoms with Crippen molar-refractivity contribution in [3.8, 4) is 0 Å². The number of hydrogen-bond donors (Lipinski definition) is 2. The maximum Gasteiger partial charge on any atom is 0.176 e. The Kier molecular flexibility index (Phi) is 5.14. The zero-order valence-electron chi connectivity index (χ0n) is 9.74. The summed E-state index contributed by atoms with van der Waals surface area (Å²) in [4.78, 5) is 0. The highest BCUT2D eigenvalue weighted by atomic mass is 16.5. The predicted octanol–water partition coefficient (Wildman–Crippen LogP) is -1.47. The Morgan fingerprint density at radius 3 is 1.61 bits per heavy atom. The van der Waals surface area contributed by atoms with Crippen LogP contribution in [0.25, 0.3) is 0 Å². The zero-order chi connectivity index (χ0) is 12.5. The van der Waals surface area contributed by atoms with E-state index in [2.05, 4.69) is 41.2 Å². The number of aromatic nitrogens is 8. The van der Waals surface area contributed by atoms with Crippen LogP contribution in [0.15, 0.2) is 0 Å². The number of H-pyrrole nitrogens is 2. The van der Waals surface area contributed by atoms with Crippen LogP contribution in [0.1, 0.15) is 11.6 Å². The van der Waals surface area contributed by atoms with Gasteiger partial charge in [0.15, 0.2) is 11.6 Å². The van der Waals surface area contributed by atoms with E-state index in [1.165, 1.54) is 0 Å². The van der Waals surface area contributed by atoms with Gasteiger partial charge in [-0.2, -0.15) is 10.4 Å². The van der Waals surface area contributed by atoms with E-state index < -0.39 is 0 Å². The molecule has 2 rings (SSSR count). The Labute approximate surface area is 102 Å². The van der Waals surface area contributed by atoms with Gasteiger partial charge in [0.05, 0.1) is 26.4 Å². The SMILES string of the molecule is C(COCCc1nn[nH]n1)OCCc1nn[nH]n1. The Bertz CT molecular complexity index is 362. The molecule has 0 spiro atoms. The Balaban J connectivity index is 1.40. The van der Waals surface area contributed by atoms with Crippen molar-refractivity contribution in [2.45, 2.75) is 12.8 Å². The Morgan fingerprint density at radius 1 is 0.722 bits per heavy atom. The fraction of sp³-hybridized carbons (Fsp3) is 0.750. The molecule has 2 aromatic heterocycles. The number of ether oxygens (including phenoxy) is 2. The quantitative estimate of drug-likeness (QED) is 0.519. The minimum atomic E-state index is 0.532. The topological polar surface area (TPSA) is 127 Å². The fourth-order valence-corrected chi connectivity index (χ4v) is 1.23. The second-order valence-corrected chi connectivity index (χ2v) is 3.38. The monoisotopic (exact) mass is 254 g/mol. The highest BCUT2D eigenvalue weighted by Gasteiger charge is 1.99. The van der Waals surface area contributed by atoms with Crippen LogP contribution in [0.4, 0.5) is 0 Å². The lowest BCUT2D eigenvalue weighted by molar-refractivity contribution is 0.0492. The van der Waals surface area contributed by atoms with Gasteiger partial charge < -0.3 is 9.47 Å². The lowest BCUT2D eigenvalue weighted by Gasteiger charge is -2.03. The summed E-state index contributed by atoms with van der Waals surface area (Å²) in [5.74, 6) is 1.29. The highest BCUT2D eigenvalue weighted by molar-refractivity contribution is 4.75. The molecule has 0 aliphatic rings. The smallest absolute Gasteiger partial charge is 0.176 e. The lowest BCUT2D eigenvalue weighted by atomic mass is 10.4. The van der Waals surface area contributed by atoms with Crippen LogP contribution >= 0.6 is 0 Å². The van der Waals surface area contributed by atoms with Crippen LogP contribution in [0, 0.1) is 0 Å².